The SMILES string of the molecule is C=C(C)C[C@@H](N)c1cccc(CC)c1O. The van der Waals surface area contributed by atoms with Gasteiger partial charge in [0.05, 0.1) is 0 Å². The standard InChI is InChI=1S/C13H19NO/c1-4-10-6-5-7-11(13(10)15)12(14)8-9(2)3/h5-7,12,15H,2,4,8,14H2,1,3H3/t12-/m1/s1. The first-order chi connectivity index (χ1) is 7.06. The molecule has 0 saturated heterocycles. The molecule has 0 heterocycles. The van der Waals surface area contributed by atoms with Crippen LogP contribution >= 0.6 is 0 Å². The second kappa shape index (κ2) is 4.99. The highest BCUT2D eigenvalue weighted by molar-refractivity contribution is 5.42. The molecule has 15 heavy (non-hydrogen) atoms. The third kappa shape index (κ3) is 2.83. The lowest BCUT2D eigenvalue weighted by Gasteiger charge is -2.15. The zero-order valence-electron chi connectivity index (χ0n) is 9.46. The molecule has 1 aromatic rings. The van der Waals surface area contributed by atoms with Crippen LogP contribution in [0, 0.1) is 0 Å². The van der Waals surface area contributed by atoms with E-state index in [4.69, 9.17) is 5.73 Å². The van der Waals surface area contributed by atoms with Crippen LogP contribution in [0.3, 0.4) is 0 Å². The van der Waals surface area contributed by atoms with Gasteiger partial charge in [-0.25, -0.2) is 0 Å². The molecular formula is C13H19NO. The van der Waals surface area contributed by atoms with E-state index in [0.29, 0.717) is 12.2 Å². The largest absolute Gasteiger partial charge is 0.507 e. The van der Waals surface area contributed by atoms with E-state index in [9.17, 15) is 5.11 Å². The molecular weight excluding hydrogens is 186 g/mol. The molecule has 1 aromatic carbocycles. The molecule has 0 aliphatic heterocycles. The number of aryl methyl sites for hydroxylation is 1. The summed E-state index contributed by atoms with van der Waals surface area (Å²) in [6.45, 7) is 7.79. The Kier molecular flexibility index (Phi) is 3.92. The maximum Gasteiger partial charge on any atom is 0.123 e. The Bertz CT molecular complexity index is 358. The monoisotopic (exact) mass is 205 g/mol. The number of hydrogen-bond donors (Lipinski definition) is 2. The van der Waals surface area contributed by atoms with Crippen molar-refractivity contribution in [2.45, 2.75) is 32.7 Å². The van der Waals surface area contributed by atoms with Crippen molar-refractivity contribution in [1.82, 2.24) is 0 Å². The average Bonchev–Trinajstić information content (AvgIpc) is 2.17. The fourth-order valence-electron chi connectivity index (χ4n) is 1.68. The molecule has 82 valence electrons. The van der Waals surface area contributed by atoms with Gasteiger partial charge in [0.2, 0.25) is 0 Å². The topological polar surface area (TPSA) is 46.2 Å². The van der Waals surface area contributed by atoms with Crippen molar-refractivity contribution < 1.29 is 5.11 Å². The summed E-state index contributed by atoms with van der Waals surface area (Å²) in [7, 11) is 0. The lowest BCUT2D eigenvalue weighted by atomic mass is 9.97. The summed E-state index contributed by atoms with van der Waals surface area (Å²) in [6.07, 6.45) is 1.53. The van der Waals surface area contributed by atoms with Gasteiger partial charge >= 0.3 is 0 Å². The van der Waals surface area contributed by atoms with Crippen molar-refractivity contribution in [2.75, 3.05) is 0 Å². The Morgan fingerprint density at radius 3 is 2.73 bits per heavy atom. The Balaban J connectivity index is 2.98. The van der Waals surface area contributed by atoms with E-state index in [-0.39, 0.29) is 6.04 Å². The number of phenols is 1. The minimum atomic E-state index is -0.158. The predicted octanol–water partition coefficient (Wildman–Crippen LogP) is 2.92. The highest BCUT2D eigenvalue weighted by Crippen LogP contribution is 2.29. The van der Waals surface area contributed by atoms with Gasteiger partial charge in [0.1, 0.15) is 5.75 Å². The molecule has 0 amide bonds. The first kappa shape index (κ1) is 11.8. The number of phenolic OH excluding ortho intramolecular Hbond substituents is 1. The van der Waals surface area contributed by atoms with E-state index in [1.54, 1.807) is 0 Å². The number of nitrogens with two attached hydrogens (primary N) is 1. The molecule has 0 spiro atoms. The fraction of sp³-hybridized carbons (Fsp3) is 0.385. The van der Waals surface area contributed by atoms with Crippen LogP contribution in [0.4, 0.5) is 0 Å². The zero-order chi connectivity index (χ0) is 11.4. The summed E-state index contributed by atoms with van der Waals surface area (Å²) in [5, 5.41) is 9.96. The zero-order valence-corrected chi connectivity index (χ0v) is 9.46. The lowest BCUT2D eigenvalue weighted by Crippen LogP contribution is -2.11. The molecule has 0 fully saturated rings. The number of rotatable bonds is 4. The van der Waals surface area contributed by atoms with Crippen LogP contribution in [0.1, 0.15) is 37.4 Å². The Morgan fingerprint density at radius 1 is 1.53 bits per heavy atom. The highest BCUT2D eigenvalue weighted by Gasteiger charge is 2.12. The molecule has 1 atom stereocenters. The van der Waals surface area contributed by atoms with E-state index >= 15 is 0 Å². The Labute approximate surface area is 91.4 Å². The van der Waals surface area contributed by atoms with Crippen LogP contribution in [0.25, 0.3) is 0 Å². The third-order valence-corrected chi connectivity index (χ3v) is 2.50. The first-order valence-electron chi connectivity index (χ1n) is 5.27. The molecule has 3 N–H and O–H groups in total. The van der Waals surface area contributed by atoms with Crippen LogP contribution in [-0.4, -0.2) is 5.11 Å². The molecule has 0 radical (unpaired) electrons. The maximum absolute atomic E-state index is 9.96. The third-order valence-electron chi connectivity index (χ3n) is 2.50. The second-order valence-electron chi connectivity index (χ2n) is 3.98. The van der Waals surface area contributed by atoms with Crippen LogP contribution in [0.5, 0.6) is 5.75 Å². The minimum absolute atomic E-state index is 0.158. The smallest absolute Gasteiger partial charge is 0.123 e. The van der Waals surface area contributed by atoms with Gasteiger partial charge in [0.25, 0.3) is 0 Å². The number of hydrogen-bond acceptors (Lipinski definition) is 2. The van der Waals surface area contributed by atoms with Crippen LogP contribution in [0.2, 0.25) is 0 Å². The van der Waals surface area contributed by atoms with Crippen molar-refractivity contribution in [1.29, 1.82) is 0 Å². The Morgan fingerprint density at radius 2 is 2.20 bits per heavy atom. The summed E-state index contributed by atoms with van der Waals surface area (Å²) in [6, 6.07) is 5.58. The van der Waals surface area contributed by atoms with E-state index in [1.807, 2.05) is 32.0 Å². The van der Waals surface area contributed by atoms with E-state index in [0.717, 1.165) is 23.1 Å². The molecule has 2 heteroatoms. The molecule has 1 rings (SSSR count). The molecule has 0 aliphatic carbocycles. The number of para-hydroxylation sites is 1. The van der Waals surface area contributed by atoms with Crippen LogP contribution in [-0.2, 0) is 6.42 Å². The van der Waals surface area contributed by atoms with Gasteiger partial charge in [0, 0.05) is 11.6 Å². The van der Waals surface area contributed by atoms with Gasteiger partial charge in [0.15, 0.2) is 0 Å². The molecule has 0 bridgehead atoms. The van der Waals surface area contributed by atoms with Crippen LogP contribution in [0.15, 0.2) is 30.4 Å². The van der Waals surface area contributed by atoms with Crippen molar-refractivity contribution in [3.05, 3.63) is 41.5 Å². The molecule has 0 unspecified atom stereocenters. The van der Waals surface area contributed by atoms with Crippen LogP contribution < -0.4 is 5.73 Å². The normalized spacial score (nSPS) is 12.5. The Hall–Kier alpha value is -1.28. The molecule has 0 aliphatic rings. The summed E-state index contributed by atoms with van der Waals surface area (Å²) < 4.78 is 0. The van der Waals surface area contributed by atoms with Crippen molar-refractivity contribution in [3.63, 3.8) is 0 Å². The number of aromatic hydroxyl groups is 1. The second-order valence-corrected chi connectivity index (χ2v) is 3.98. The molecule has 0 aromatic heterocycles. The molecule has 0 saturated carbocycles. The maximum atomic E-state index is 9.96. The van der Waals surface area contributed by atoms with E-state index in [1.165, 1.54) is 0 Å². The van der Waals surface area contributed by atoms with Crippen molar-refractivity contribution >= 4 is 0 Å². The lowest BCUT2D eigenvalue weighted by molar-refractivity contribution is 0.455. The van der Waals surface area contributed by atoms with Gasteiger partial charge < -0.3 is 10.8 Å². The van der Waals surface area contributed by atoms with Gasteiger partial charge in [-0.3, -0.25) is 0 Å². The quantitative estimate of drug-likeness (QED) is 0.742. The van der Waals surface area contributed by atoms with Gasteiger partial charge in [-0.1, -0.05) is 30.7 Å². The predicted molar refractivity (Wildman–Crippen MR) is 63.8 cm³/mol. The summed E-state index contributed by atoms with van der Waals surface area (Å²) in [5.74, 6) is 0.341. The fourth-order valence-corrected chi connectivity index (χ4v) is 1.68. The van der Waals surface area contributed by atoms with Gasteiger partial charge in [-0.15, -0.1) is 6.58 Å². The van der Waals surface area contributed by atoms with Gasteiger partial charge in [-0.2, -0.15) is 0 Å². The van der Waals surface area contributed by atoms with E-state index < -0.39 is 0 Å². The summed E-state index contributed by atoms with van der Waals surface area (Å²) >= 11 is 0. The van der Waals surface area contributed by atoms with Crippen molar-refractivity contribution in [2.24, 2.45) is 5.73 Å². The van der Waals surface area contributed by atoms with Crippen molar-refractivity contribution in [3.8, 4) is 5.75 Å². The highest BCUT2D eigenvalue weighted by atomic mass is 16.3. The molecule has 2 nitrogen and oxygen atoms in total. The van der Waals surface area contributed by atoms with Gasteiger partial charge in [-0.05, 0) is 25.3 Å². The average molecular weight is 205 g/mol. The minimum Gasteiger partial charge on any atom is -0.507 e. The summed E-state index contributed by atoms with van der Waals surface area (Å²) in [5.41, 5.74) is 8.80. The van der Waals surface area contributed by atoms with E-state index in [2.05, 4.69) is 6.58 Å². The summed E-state index contributed by atoms with van der Waals surface area (Å²) in [4.78, 5) is 0. The number of benzene rings is 1. The first-order valence-corrected chi connectivity index (χ1v) is 5.27.